The SMILES string of the molecule is O=C(Oc1ccc(F)cc1)c1cc2cc(Br)ccc2o1. The van der Waals surface area contributed by atoms with Crippen LogP contribution in [0, 0.1) is 5.82 Å². The Morgan fingerprint density at radius 3 is 2.60 bits per heavy atom. The first kappa shape index (κ1) is 12.9. The summed E-state index contributed by atoms with van der Waals surface area (Å²) >= 11 is 3.35. The molecule has 100 valence electrons. The van der Waals surface area contributed by atoms with E-state index in [2.05, 4.69) is 15.9 Å². The van der Waals surface area contributed by atoms with E-state index in [-0.39, 0.29) is 11.5 Å². The predicted octanol–water partition coefficient (Wildman–Crippen LogP) is 4.55. The highest BCUT2D eigenvalue weighted by atomic mass is 79.9. The van der Waals surface area contributed by atoms with Crippen LogP contribution in [-0.2, 0) is 0 Å². The van der Waals surface area contributed by atoms with Crippen molar-refractivity contribution < 1.29 is 18.3 Å². The summed E-state index contributed by atoms with van der Waals surface area (Å²) in [5.41, 5.74) is 0.597. The summed E-state index contributed by atoms with van der Waals surface area (Å²) in [6.07, 6.45) is 0. The van der Waals surface area contributed by atoms with Crippen molar-refractivity contribution in [2.45, 2.75) is 0 Å². The predicted molar refractivity (Wildman–Crippen MR) is 75.3 cm³/mol. The number of furan rings is 1. The van der Waals surface area contributed by atoms with Gasteiger partial charge in [0.25, 0.3) is 0 Å². The topological polar surface area (TPSA) is 39.4 Å². The van der Waals surface area contributed by atoms with Crippen LogP contribution in [0.1, 0.15) is 10.6 Å². The number of carbonyl (C=O) groups excluding carboxylic acids is 1. The van der Waals surface area contributed by atoms with Gasteiger partial charge in [0.2, 0.25) is 5.76 Å². The molecule has 1 heterocycles. The summed E-state index contributed by atoms with van der Waals surface area (Å²) in [6, 6.07) is 12.2. The third kappa shape index (κ3) is 2.58. The number of ether oxygens (including phenoxy) is 1. The van der Waals surface area contributed by atoms with Gasteiger partial charge in [-0.3, -0.25) is 0 Å². The molecule has 3 aromatic rings. The van der Waals surface area contributed by atoms with Crippen molar-refractivity contribution in [3.8, 4) is 5.75 Å². The fourth-order valence-electron chi connectivity index (χ4n) is 1.77. The first-order valence-corrected chi connectivity index (χ1v) is 6.58. The van der Waals surface area contributed by atoms with Crippen molar-refractivity contribution in [1.82, 2.24) is 0 Å². The van der Waals surface area contributed by atoms with Crippen LogP contribution < -0.4 is 4.74 Å². The molecule has 0 bridgehead atoms. The average molecular weight is 335 g/mol. The van der Waals surface area contributed by atoms with Gasteiger partial charge in [-0.1, -0.05) is 15.9 Å². The number of hydrogen-bond acceptors (Lipinski definition) is 3. The van der Waals surface area contributed by atoms with Gasteiger partial charge in [0, 0.05) is 9.86 Å². The maximum absolute atomic E-state index is 12.8. The highest BCUT2D eigenvalue weighted by Gasteiger charge is 2.14. The van der Waals surface area contributed by atoms with E-state index in [4.69, 9.17) is 9.15 Å². The van der Waals surface area contributed by atoms with Crippen molar-refractivity contribution >= 4 is 32.9 Å². The van der Waals surface area contributed by atoms with Crippen molar-refractivity contribution in [1.29, 1.82) is 0 Å². The second kappa shape index (κ2) is 5.09. The van der Waals surface area contributed by atoms with Gasteiger partial charge in [-0.2, -0.15) is 0 Å². The number of esters is 1. The number of rotatable bonds is 2. The van der Waals surface area contributed by atoms with Crippen LogP contribution in [0.5, 0.6) is 5.75 Å². The van der Waals surface area contributed by atoms with Crippen molar-refractivity contribution in [2.75, 3.05) is 0 Å². The molecule has 0 aliphatic rings. The number of benzene rings is 2. The minimum atomic E-state index is -0.621. The lowest BCUT2D eigenvalue weighted by molar-refractivity contribution is 0.0703. The van der Waals surface area contributed by atoms with Gasteiger partial charge in [0.05, 0.1) is 0 Å². The first-order valence-electron chi connectivity index (χ1n) is 5.79. The summed E-state index contributed by atoms with van der Waals surface area (Å²) in [5, 5.41) is 0.797. The maximum Gasteiger partial charge on any atom is 0.379 e. The van der Waals surface area contributed by atoms with Gasteiger partial charge < -0.3 is 9.15 Å². The Bertz CT molecular complexity index is 777. The van der Waals surface area contributed by atoms with E-state index in [0.717, 1.165) is 9.86 Å². The molecule has 0 amide bonds. The molecule has 0 saturated carbocycles. The smallest absolute Gasteiger partial charge is 0.379 e. The normalized spacial score (nSPS) is 10.7. The van der Waals surface area contributed by atoms with E-state index in [1.54, 1.807) is 12.1 Å². The molecular formula is C15H8BrFO3. The quantitative estimate of drug-likeness (QED) is 0.509. The molecule has 0 radical (unpaired) electrons. The largest absolute Gasteiger partial charge is 0.449 e. The van der Waals surface area contributed by atoms with Crippen LogP contribution in [0.25, 0.3) is 11.0 Å². The van der Waals surface area contributed by atoms with E-state index in [0.29, 0.717) is 5.58 Å². The minimum Gasteiger partial charge on any atom is -0.449 e. The Morgan fingerprint density at radius 1 is 1.10 bits per heavy atom. The standard InChI is InChI=1S/C15H8BrFO3/c16-10-1-6-13-9(7-10)8-14(20-13)15(18)19-12-4-2-11(17)3-5-12/h1-8H. The highest BCUT2D eigenvalue weighted by molar-refractivity contribution is 9.10. The third-order valence-electron chi connectivity index (χ3n) is 2.70. The molecule has 0 unspecified atom stereocenters. The maximum atomic E-state index is 12.8. The van der Waals surface area contributed by atoms with Crippen LogP contribution in [0.4, 0.5) is 4.39 Å². The zero-order valence-corrected chi connectivity index (χ0v) is 11.7. The summed E-state index contributed by atoms with van der Waals surface area (Å²) in [5.74, 6) is -0.650. The molecule has 1 aromatic heterocycles. The Balaban J connectivity index is 1.86. The van der Waals surface area contributed by atoms with E-state index in [1.807, 2.05) is 12.1 Å². The molecule has 0 aliphatic carbocycles. The summed E-state index contributed by atoms with van der Waals surface area (Å²) < 4.78 is 24.2. The van der Waals surface area contributed by atoms with Crippen LogP contribution in [0.3, 0.4) is 0 Å². The Kier molecular flexibility index (Phi) is 3.28. The highest BCUT2D eigenvalue weighted by Crippen LogP contribution is 2.24. The van der Waals surface area contributed by atoms with E-state index in [1.165, 1.54) is 24.3 Å². The fraction of sp³-hybridized carbons (Fsp3) is 0. The zero-order chi connectivity index (χ0) is 14.1. The summed E-state index contributed by atoms with van der Waals surface area (Å²) in [6.45, 7) is 0. The van der Waals surface area contributed by atoms with Gasteiger partial charge in [-0.25, -0.2) is 9.18 Å². The Morgan fingerprint density at radius 2 is 1.85 bits per heavy atom. The molecule has 0 fully saturated rings. The number of halogens is 2. The fourth-order valence-corrected chi connectivity index (χ4v) is 2.15. The Hall–Kier alpha value is -2.14. The van der Waals surface area contributed by atoms with E-state index < -0.39 is 11.8 Å². The molecule has 0 spiro atoms. The lowest BCUT2D eigenvalue weighted by Gasteiger charge is -2.01. The number of carbonyl (C=O) groups is 1. The molecule has 20 heavy (non-hydrogen) atoms. The molecule has 0 N–H and O–H groups in total. The lowest BCUT2D eigenvalue weighted by atomic mass is 10.2. The molecule has 3 rings (SSSR count). The zero-order valence-electron chi connectivity index (χ0n) is 10.1. The monoisotopic (exact) mass is 334 g/mol. The molecule has 0 atom stereocenters. The second-order valence-electron chi connectivity index (χ2n) is 4.14. The van der Waals surface area contributed by atoms with Gasteiger partial charge in [0.15, 0.2) is 0 Å². The molecule has 3 nitrogen and oxygen atoms in total. The van der Waals surface area contributed by atoms with E-state index >= 15 is 0 Å². The minimum absolute atomic E-state index is 0.0995. The molecule has 0 aliphatic heterocycles. The van der Waals surface area contributed by atoms with Crippen LogP contribution >= 0.6 is 15.9 Å². The van der Waals surface area contributed by atoms with Crippen LogP contribution in [0.15, 0.2) is 57.4 Å². The van der Waals surface area contributed by atoms with Crippen LogP contribution in [-0.4, -0.2) is 5.97 Å². The van der Waals surface area contributed by atoms with Crippen LogP contribution in [0.2, 0.25) is 0 Å². The van der Waals surface area contributed by atoms with Crippen molar-refractivity contribution in [3.63, 3.8) is 0 Å². The lowest BCUT2D eigenvalue weighted by Crippen LogP contribution is -2.06. The summed E-state index contributed by atoms with van der Waals surface area (Å²) in [7, 11) is 0. The van der Waals surface area contributed by atoms with Crippen molar-refractivity contribution in [2.24, 2.45) is 0 Å². The molecule has 0 saturated heterocycles. The third-order valence-corrected chi connectivity index (χ3v) is 3.20. The van der Waals surface area contributed by atoms with Gasteiger partial charge in [-0.15, -0.1) is 0 Å². The van der Waals surface area contributed by atoms with Gasteiger partial charge in [0.1, 0.15) is 17.1 Å². The number of hydrogen-bond donors (Lipinski definition) is 0. The Labute approximate surface area is 122 Å². The van der Waals surface area contributed by atoms with E-state index in [9.17, 15) is 9.18 Å². The van der Waals surface area contributed by atoms with Gasteiger partial charge in [-0.05, 0) is 48.5 Å². The first-order chi connectivity index (χ1) is 9.61. The molecular weight excluding hydrogens is 327 g/mol. The molecule has 2 aromatic carbocycles. The summed E-state index contributed by atoms with van der Waals surface area (Å²) in [4.78, 5) is 11.9. The van der Waals surface area contributed by atoms with Gasteiger partial charge >= 0.3 is 5.97 Å². The number of fused-ring (bicyclic) bond motifs is 1. The van der Waals surface area contributed by atoms with Crippen molar-refractivity contribution in [3.05, 3.63) is 64.6 Å². The molecule has 5 heteroatoms. The average Bonchev–Trinajstić information content (AvgIpc) is 2.84. The second-order valence-corrected chi connectivity index (χ2v) is 5.05.